The molecule has 7 nitrogen and oxygen atoms in total. The van der Waals surface area contributed by atoms with Gasteiger partial charge < -0.3 is 4.90 Å². The second-order valence-electron chi connectivity index (χ2n) is 7.47. The highest BCUT2D eigenvalue weighted by Gasteiger charge is 2.35. The average Bonchev–Trinajstić information content (AvgIpc) is 3.32. The molecule has 0 bridgehead atoms. The minimum Gasteiger partial charge on any atom is -0.327 e. The Bertz CT molecular complexity index is 1320. The number of benzene rings is 1. The van der Waals surface area contributed by atoms with Crippen molar-refractivity contribution in [3.8, 4) is 11.3 Å². The maximum atomic E-state index is 13.8. The van der Waals surface area contributed by atoms with Gasteiger partial charge in [-0.2, -0.15) is 5.10 Å². The van der Waals surface area contributed by atoms with E-state index in [0.29, 0.717) is 30.0 Å². The van der Waals surface area contributed by atoms with Crippen molar-refractivity contribution in [1.82, 2.24) is 29.3 Å². The summed E-state index contributed by atoms with van der Waals surface area (Å²) >= 11 is 0. The van der Waals surface area contributed by atoms with Crippen molar-refractivity contribution in [3.63, 3.8) is 0 Å². The first kappa shape index (κ1) is 19.3. The lowest BCUT2D eigenvalue weighted by Gasteiger charge is -2.32. The van der Waals surface area contributed by atoms with Gasteiger partial charge in [-0.15, -0.1) is 10.2 Å². The van der Waals surface area contributed by atoms with Crippen LogP contribution in [0.5, 0.6) is 0 Å². The zero-order valence-electron chi connectivity index (χ0n) is 16.7. The van der Waals surface area contributed by atoms with Crippen LogP contribution in [0, 0.1) is 17.5 Å². The molecule has 0 saturated heterocycles. The first-order valence-corrected chi connectivity index (χ1v) is 9.68. The van der Waals surface area contributed by atoms with Crippen LogP contribution in [0.4, 0.5) is 13.2 Å². The third-order valence-corrected chi connectivity index (χ3v) is 5.67. The fourth-order valence-electron chi connectivity index (χ4n) is 4.19. The fraction of sp³-hybridized carbons (Fsp3) is 0.238. The van der Waals surface area contributed by atoms with E-state index in [0.717, 1.165) is 17.7 Å². The van der Waals surface area contributed by atoms with Gasteiger partial charge in [0, 0.05) is 30.9 Å². The summed E-state index contributed by atoms with van der Waals surface area (Å²) in [5, 5.41) is 12.6. The maximum Gasteiger partial charge on any atom is 0.292 e. The Morgan fingerprint density at radius 2 is 1.87 bits per heavy atom. The summed E-state index contributed by atoms with van der Waals surface area (Å²) in [6.07, 6.45) is 2.14. The maximum absolute atomic E-state index is 13.8. The van der Waals surface area contributed by atoms with Crippen molar-refractivity contribution in [2.24, 2.45) is 7.05 Å². The van der Waals surface area contributed by atoms with Crippen molar-refractivity contribution >= 4 is 11.6 Å². The number of halogens is 3. The van der Waals surface area contributed by atoms with E-state index >= 15 is 0 Å². The zero-order valence-corrected chi connectivity index (χ0v) is 16.7. The molecule has 31 heavy (non-hydrogen) atoms. The van der Waals surface area contributed by atoms with Crippen molar-refractivity contribution in [2.75, 3.05) is 6.54 Å². The van der Waals surface area contributed by atoms with Crippen molar-refractivity contribution in [2.45, 2.75) is 19.4 Å². The number of pyridine rings is 1. The van der Waals surface area contributed by atoms with Gasteiger partial charge in [-0.05, 0) is 37.6 Å². The number of hydrogen-bond donors (Lipinski definition) is 0. The van der Waals surface area contributed by atoms with Crippen LogP contribution in [0.3, 0.4) is 0 Å². The summed E-state index contributed by atoms with van der Waals surface area (Å²) in [6, 6.07) is 6.87. The smallest absolute Gasteiger partial charge is 0.292 e. The lowest BCUT2D eigenvalue weighted by atomic mass is 9.95. The van der Waals surface area contributed by atoms with Gasteiger partial charge in [-0.25, -0.2) is 13.2 Å². The number of carbonyl (C=O) groups is 1. The van der Waals surface area contributed by atoms with Crippen molar-refractivity contribution < 1.29 is 18.0 Å². The molecule has 4 heterocycles. The Kier molecular flexibility index (Phi) is 4.31. The van der Waals surface area contributed by atoms with E-state index in [1.807, 2.05) is 13.0 Å². The normalized spacial score (nSPS) is 16.0. The minimum absolute atomic E-state index is 0.197. The van der Waals surface area contributed by atoms with Crippen LogP contribution in [-0.4, -0.2) is 41.7 Å². The minimum atomic E-state index is -1.51. The molecule has 1 amide bonds. The van der Waals surface area contributed by atoms with Crippen LogP contribution in [0.1, 0.15) is 34.8 Å². The fourth-order valence-corrected chi connectivity index (χ4v) is 4.19. The number of rotatable bonds is 2. The lowest BCUT2D eigenvalue weighted by Crippen LogP contribution is -2.39. The molecule has 0 aliphatic carbocycles. The Labute approximate surface area is 174 Å². The molecule has 0 fully saturated rings. The quantitative estimate of drug-likeness (QED) is 0.462. The van der Waals surface area contributed by atoms with Crippen LogP contribution in [0.25, 0.3) is 16.9 Å². The highest BCUT2D eigenvalue weighted by atomic mass is 19.2. The number of fused-ring (bicyclic) bond motifs is 2. The number of amides is 1. The monoisotopic (exact) mass is 426 g/mol. The summed E-state index contributed by atoms with van der Waals surface area (Å²) in [4.78, 5) is 14.9. The number of aryl methyl sites for hydroxylation is 1. The third kappa shape index (κ3) is 2.89. The second kappa shape index (κ2) is 6.93. The van der Waals surface area contributed by atoms with E-state index in [-0.39, 0.29) is 17.3 Å². The SMILES string of the molecule is C[C@H]1c2nn(C)c(-c3cc(F)c(F)c(F)c3)c2CCN1C(=O)c1nnc2ccccn12. The number of nitrogens with zero attached hydrogens (tertiary/aromatic N) is 6. The van der Waals surface area contributed by atoms with Gasteiger partial charge in [0.1, 0.15) is 0 Å². The predicted octanol–water partition coefficient (Wildman–Crippen LogP) is 3.31. The van der Waals surface area contributed by atoms with Gasteiger partial charge in [0.25, 0.3) is 5.91 Å². The van der Waals surface area contributed by atoms with Gasteiger partial charge in [-0.1, -0.05) is 6.07 Å². The Balaban J connectivity index is 1.53. The predicted molar refractivity (Wildman–Crippen MR) is 105 cm³/mol. The standard InChI is InChI=1S/C21H17F3N6O/c1-11-18-13(19(28(2)27-18)12-9-14(22)17(24)15(23)10-12)6-8-29(11)21(31)20-26-25-16-5-3-4-7-30(16)20/h3-5,7,9-11H,6,8H2,1-2H3/t11-/m0/s1. The summed E-state index contributed by atoms with van der Waals surface area (Å²) in [6.45, 7) is 2.20. The van der Waals surface area contributed by atoms with E-state index in [1.54, 1.807) is 34.7 Å². The number of hydrogen-bond acceptors (Lipinski definition) is 4. The summed E-state index contributed by atoms with van der Waals surface area (Å²) in [7, 11) is 1.65. The van der Waals surface area contributed by atoms with Crippen LogP contribution in [0.15, 0.2) is 36.5 Å². The summed E-state index contributed by atoms with van der Waals surface area (Å²) < 4.78 is 44.2. The first-order chi connectivity index (χ1) is 14.9. The zero-order chi connectivity index (χ0) is 21.9. The summed E-state index contributed by atoms with van der Waals surface area (Å²) in [5.74, 6) is -4.12. The molecule has 4 aromatic rings. The highest BCUT2D eigenvalue weighted by molar-refractivity contribution is 5.92. The van der Waals surface area contributed by atoms with Gasteiger partial charge >= 0.3 is 0 Å². The molecule has 0 saturated carbocycles. The Morgan fingerprint density at radius 3 is 2.61 bits per heavy atom. The van der Waals surface area contributed by atoms with E-state index in [1.165, 1.54) is 4.68 Å². The van der Waals surface area contributed by atoms with Crippen molar-refractivity contribution in [3.05, 3.63) is 71.1 Å². The lowest BCUT2D eigenvalue weighted by molar-refractivity contribution is 0.0659. The van der Waals surface area contributed by atoms with Gasteiger partial charge in [0.15, 0.2) is 23.1 Å². The van der Waals surface area contributed by atoms with E-state index < -0.39 is 23.5 Å². The first-order valence-electron chi connectivity index (χ1n) is 9.68. The number of aromatic nitrogens is 5. The van der Waals surface area contributed by atoms with Crippen LogP contribution in [0.2, 0.25) is 0 Å². The molecule has 10 heteroatoms. The summed E-state index contributed by atoms with van der Waals surface area (Å²) in [5.41, 5.74) is 2.66. The molecule has 1 aliphatic heterocycles. The highest BCUT2D eigenvalue weighted by Crippen LogP contribution is 2.36. The molecule has 158 valence electrons. The molecule has 3 aromatic heterocycles. The molecule has 0 N–H and O–H groups in total. The van der Waals surface area contributed by atoms with E-state index in [4.69, 9.17) is 0 Å². The molecule has 1 aromatic carbocycles. The Morgan fingerprint density at radius 1 is 1.13 bits per heavy atom. The molecule has 1 aliphatic rings. The molecule has 1 atom stereocenters. The largest absolute Gasteiger partial charge is 0.327 e. The van der Waals surface area contributed by atoms with Gasteiger partial charge in [-0.3, -0.25) is 13.9 Å². The average molecular weight is 426 g/mol. The number of carbonyl (C=O) groups excluding carboxylic acids is 1. The molecule has 0 unspecified atom stereocenters. The van der Waals surface area contributed by atoms with Crippen LogP contribution < -0.4 is 0 Å². The molecule has 0 spiro atoms. The van der Waals surface area contributed by atoms with Crippen molar-refractivity contribution in [1.29, 1.82) is 0 Å². The topological polar surface area (TPSA) is 68.3 Å². The second-order valence-corrected chi connectivity index (χ2v) is 7.47. The van der Waals surface area contributed by atoms with E-state index in [9.17, 15) is 18.0 Å². The van der Waals surface area contributed by atoms with Gasteiger partial charge in [0.05, 0.1) is 17.4 Å². The third-order valence-electron chi connectivity index (χ3n) is 5.67. The molecular weight excluding hydrogens is 409 g/mol. The molecule has 0 radical (unpaired) electrons. The molecule has 5 rings (SSSR count). The van der Waals surface area contributed by atoms with Crippen LogP contribution in [-0.2, 0) is 13.5 Å². The molecular formula is C21H17F3N6O. The van der Waals surface area contributed by atoms with Gasteiger partial charge in [0.2, 0.25) is 5.82 Å². The van der Waals surface area contributed by atoms with E-state index in [2.05, 4.69) is 15.3 Å². The Hall–Kier alpha value is -3.69. The van der Waals surface area contributed by atoms with Crippen LogP contribution >= 0.6 is 0 Å².